The Balaban J connectivity index is 2.16. The van der Waals surface area contributed by atoms with Gasteiger partial charge in [-0.15, -0.1) is 0 Å². The standard InChI is InChI=1S/C17H28N2O/c1-3-11-18-16(4-2)15-7-5-6-8-17(15)19-12-9-14(20)10-13-19/h5-8,14,16,18,20H,3-4,9-13H2,1-2H3. The van der Waals surface area contributed by atoms with Crippen molar-refractivity contribution in [3.05, 3.63) is 29.8 Å². The van der Waals surface area contributed by atoms with Crippen molar-refractivity contribution in [3.8, 4) is 0 Å². The number of piperidine rings is 1. The normalized spacial score (nSPS) is 18.2. The van der Waals surface area contributed by atoms with E-state index in [1.807, 2.05) is 0 Å². The molecule has 1 saturated heterocycles. The molecule has 1 heterocycles. The molecule has 0 amide bonds. The van der Waals surface area contributed by atoms with Gasteiger partial charge < -0.3 is 15.3 Å². The van der Waals surface area contributed by atoms with E-state index in [2.05, 4.69) is 48.3 Å². The Labute approximate surface area is 123 Å². The fourth-order valence-electron chi connectivity index (χ4n) is 2.97. The molecular formula is C17H28N2O. The van der Waals surface area contributed by atoms with E-state index < -0.39 is 0 Å². The van der Waals surface area contributed by atoms with Crippen LogP contribution >= 0.6 is 0 Å². The molecule has 1 aliphatic rings. The molecule has 1 aromatic carbocycles. The van der Waals surface area contributed by atoms with E-state index in [1.165, 1.54) is 11.3 Å². The van der Waals surface area contributed by atoms with Crippen molar-refractivity contribution < 1.29 is 5.11 Å². The van der Waals surface area contributed by atoms with E-state index in [-0.39, 0.29) is 6.10 Å². The molecule has 0 aliphatic carbocycles. The summed E-state index contributed by atoms with van der Waals surface area (Å²) in [5, 5.41) is 13.3. The summed E-state index contributed by atoms with van der Waals surface area (Å²) in [5.41, 5.74) is 2.75. The van der Waals surface area contributed by atoms with Crippen LogP contribution in [0, 0.1) is 0 Å². The molecule has 3 nitrogen and oxygen atoms in total. The first kappa shape index (κ1) is 15.3. The Hall–Kier alpha value is -1.06. The van der Waals surface area contributed by atoms with E-state index in [1.54, 1.807) is 0 Å². The third-order valence-electron chi connectivity index (χ3n) is 4.17. The van der Waals surface area contributed by atoms with Crippen LogP contribution in [0.5, 0.6) is 0 Å². The number of hydrogen-bond donors (Lipinski definition) is 2. The van der Waals surface area contributed by atoms with Gasteiger partial charge >= 0.3 is 0 Å². The molecular weight excluding hydrogens is 248 g/mol. The van der Waals surface area contributed by atoms with Gasteiger partial charge in [-0.1, -0.05) is 32.0 Å². The van der Waals surface area contributed by atoms with Crippen molar-refractivity contribution in [3.63, 3.8) is 0 Å². The molecule has 1 aromatic rings. The molecule has 1 aliphatic heterocycles. The topological polar surface area (TPSA) is 35.5 Å². The van der Waals surface area contributed by atoms with Gasteiger partial charge in [0.15, 0.2) is 0 Å². The quantitative estimate of drug-likeness (QED) is 0.838. The minimum atomic E-state index is -0.112. The molecule has 2 N–H and O–H groups in total. The summed E-state index contributed by atoms with van der Waals surface area (Å²) in [6.07, 6.45) is 3.92. The number of benzene rings is 1. The van der Waals surface area contributed by atoms with E-state index in [0.717, 1.165) is 45.3 Å². The number of para-hydroxylation sites is 1. The minimum absolute atomic E-state index is 0.112. The second-order valence-corrected chi connectivity index (χ2v) is 5.69. The van der Waals surface area contributed by atoms with Gasteiger partial charge in [0.05, 0.1) is 6.10 Å². The largest absolute Gasteiger partial charge is 0.393 e. The maximum atomic E-state index is 9.68. The Morgan fingerprint density at radius 2 is 1.95 bits per heavy atom. The zero-order valence-corrected chi connectivity index (χ0v) is 12.8. The number of aliphatic hydroxyl groups is 1. The molecule has 1 atom stereocenters. The van der Waals surface area contributed by atoms with Crippen LogP contribution in [0.15, 0.2) is 24.3 Å². The Morgan fingerprint density at radius 3 is 2.60 bits per heavy atom. The lowest BCUT2D eigenvalue weighted by molar-refractivity contribution is 0.145. The van der Waals surface area contributed by atoms with Crippen molar-refractivity contribution in [2.24, 2.45) is 0 Å². The molecule has 1 fully saturated rings. The SMILES string of the molecule is CCCNC(CC)c1ccccc1N1CCC(O)CC1. The molecule has 20 heavy (non-hydrogen) atoms. The van der Waals surface area contributed by atoms with Crippen LogP contribution in [0.4, 0.5) is 5.69 Å². The lowest BCUT2D eigenvalue weighted by atomic mass is 9.99. The van der Waals surface area contributed by atoms with Gasteiger partial charge in [-0.2, -0.15) is 0 Å². The number of nitrogens with zero attached hydrogens (tertiary/aromatic N) is 1. The number of anilines is 1. The smallest absolute Gasteiger partial charge is 0.0574 e. The summed E-state index contributed by atoms with van der Waals surface area (Å²) in [4.78, 5) is 2.43. The molecule has 112 valence electrons. The molecule has 0 aromatic heterocycles. The van der Waals surface area contributed by atoms with Gasteiger partial charge in [0.25, 0.3) is 0 Å². The van der Waals surface area contributed by atoms with Crippen LogP contribution in [-0.4, -0.2) is 30.8 Å². The van der Waals surface area contributed by atoms with Crippen LogP contribution in [0.25, 0.3) is 0 Å². The molecule has 0 saturated carbocycles. The van der Waals surface area contributed by atoms with Crippen LogP contribution in [0.3, 0.4) is 0 Å². The fraction of sp³-hybridized carbons (Fsp3) is 0.647. The second-order valence-electron chi connectivity index (χ2n) is 5.69. The lowest BCUT2D eigenvalue weighted by Gasteiger charge is -2.34. The number of nitrogens with one attached hydrogen (secondary N) is 1. The molecule has 1 unspecified atom stereocenters. The van der Waals surface area contributed by atoms with Gasteiger partial charge in [-0.05, 0) is 43.9 Å². The second kappa shape index (κ2) is 7.65. The minimum Gasteiger partial charge on any atom is -0.393 e. The van der Waals surface area contributed by atoms with E-state index in [9.17, 15) is 5.11 Å². The predicted octanol–water partition coefficient (Wildman–Crippen LogP) is 3.10. The van der Waals surface area contributed by atoms with E-state index in [4.69, 9.17) is 0 Å². The number of rotatable bonds is 6. The molecule has 0 spiro atoms. The summed E-state index contributed by atoms with van der Waals surface area (Å²) >= 11 is 0. The average Bonchev–Trinajstić information content (AvgIpc) is 2.49. The zero-order valence-electron chi connectivity index (χ0n) is 12.8. The van der Waals surface area contributed by atoms with Crippen molar-refractivity contribution in [2.75, 3.05) is 24.5 Å². The van der Waals surface area contributed by atoms with Crippen LogP contribution < -0.4 is 10.2 Å². The van der Waals surface area contributed by atoms with Gasteiger partial charge in [-0.3, -0.25) is 0 Å². The van der Waals surface area contributed by atoms with Gasteiger partial charge in [-0.25, -0.2) is 0 Å². The highest BCUT2D eigenvalue weighted by atomic mass is 16.3. The van der Waals surface area contributed by atoms with Crippen LogP contribution in [-0.2, 0) is 0 Å². The molecule has 3 heteroatoms. The van der Waals surface area contributed by atoms with Crippen molar-refractivity contribution in [1.82, 2.24) is 5.32 Å². The summed E-state index contributed by atoms with van der Waals surface area (Å²) in [7, 11) is 0. The fourth-order valence-corrected chi connectivity index (χ4v) is 2.97. The van der Waals surface area contributed by atoms with Crippen LogP contribution in [0.1, 0.15) is 51.1 Å². The maximum absolute atomic E-state index is 9.68. The van der Waals surface area contributed by atoms with Crippen LogP contribution in [0.2, 0.25) is 0 Å². The predicted molar refractivity (Wildman–Crippen MR) is 85.2 cm³/mol. The van der Waals surface area contributed by atoms with E-state index in [0.29, 0.717) is 6.04 Å². The first-order valence-corrected chi connectivity index (χ1v) is 8.01. The third-order valence-corrected chi connectivity index (χ3v) is 4.17. The van der Waals surface area contributed by atoms with Crippen molar-refractivity contribution >= 4 is 5.69 Å². The third kappa shape index (κ3) is 3.74. The zero-order chi connectivity index (χ0) is 14.4. The monoisotopic (exact) mass is 276 g/mol. The highest BCUT2D eigenvalue weighted by Crippen LogP contribution is 2.30. The Bertz CT molecular complexity index is 376. The highest BCUT2D eigenvalue weighted by Gasteiger charge is 2.21. The van der Waals surface area contributed by atoms with Gasteiger partial charge in [0, 0.05) is 24.8 Å². The summed E-state index contributed by atoms with van der Waals surface area (Å²) in [6.45, 7) is 7.43. The van der Waals surface area contributed by atoms with E-state index >= 15 is 0 Å². The summed E-state index contributed by atoms with van der Waals surface area (Å²) < 4.78 is 0. The van der Waals surface area contributed by atoms with Gasteiger partial charge in [0.2, 0.25) is 0 Å². The Morgan fingerprint density at radius 1 is 1.25 bits per heavy atom. The van der Waals surface area contributed by atoms with Crippen molar-refractivity contribution in [1.29, 1.82) is 0 Å². The highest BCUT2D eigenvalue weighted by molar-refractivity contribution is 5.55. The maximum Gasteiger partial charge on any atom is 0.0574 e. The first-order valence-electron chi connectivity index (χ1n) is 8.01. The first-order chi connectivity index (χ1) is 9.76. The summed E-state index contributed by atoms with van der Waals surface area (Å²) in [5.74, 6) is 0. The molecule has 0 radical (unpaired) electrons. The van der Waals surface area contributed by atoms with Crippen molar-refractivity contribution in [2.45, 2.75) is 51.7 Å². The molecule has 0 bridgehead atoms. The summed E-state index contributed by atoms with van der Waals surface area (Å²) in [6, 6.07) is 9.16. The average molecular weight is 276 g/mol. The number of hydrogen-bond acceptors (Lipinski definition) is 3. The number of aliphatic hydroxyl groups excluding tert-OH is 1. The molecule has 2 rings (SSSR count). The Kier molecular flexibility index (Phi) is 5.86. The lowest BCUT2D eigenvalue weighted by Crippen LogP contribution is -2.37. The van der Waals surface area contributed by atoms with Gasteiger partial charge in [0.1, 0.15) is 0 Å².